The summed E-state index contributed by atoms with van der Waals surface area (Å²) in [6.07, 6.45) is 4.95. The van der Waals surface area contributed by atoms with Gasteiger partial charge in [-0.1, -0.05) is 25.1 Å². The van der Waals surface area contributed by atoms with Crippen LogP contribution in [0.25, 0.3) is 10.9 Å². The molecule has 1 aliphatic carbocycles. The minimum Gasteiger partial charge on any atom is -0.481 e. The van der Waals surface area contributed by atoms with Crippen LogP contribution in [0.1, 0.15) is 31.7 Å². The Bertz CT molecular complexity index is 647. The molecule has 2 unspecified atom stereocenters. The van der Waals surface area contributed by atoms with Crippen molar-refractivity contribution in [3.8, 4) is 0 Å². The molecule has 0 aliphatic heterocycles. The van der Waals surface area contributed by atoms with Gasteiger partial charge in [0.1, 0.15) is 0 Å². The van der Waals surface area contributed by atoms with Gasteiger partial charge in [-0.3, -0.25) is 9.78 Å². The number of hydrogen-bond donors (Lipinski definition) is 1. The molecule has 0 saturated heterocycles. The Balaban J connectivity index is 2.01. The van der Waals surface area contributed by atoms with Crippen molar-refractivity contribution in [1.29, 1.82) is 0 Å². The summed E-state index contributed by atoms with van der Waals surface area (Å²) in [5, 5.41) is 10.8. The average Bonchev–Trinajstić information content (AvgIpc) is 2.82. The number of hydrogen-bond acceptors (Lipinski definition) is 2. The third-order valence-corrected chi connectivity index (χ3v) is 4.58. The number of benzene rings is 1. The van der Waals surface area contributed by atoms with Gasteiger partial charge >= 0.3 is 5.97 Å². The molecule has 0 spiro atoms. The van der Waals surface area contributed by atoms with Gasteiger partial charge in [-0.05, 0) is 49.3 Å². The van der Waals surface area contributed by atoms with Gasteiger partial charge in [-0.15, -0.1) is 0 Å². The fourth-order valence-corrected chi connectivity index (χ4v) is 3.50. The van der Waals surface area contributed by atoms with Gasteiger partial charge in [-0.25, -0.2) is 0 Å². The molecule has 1 fully saturated rings. The number of nitrogens with zero attached hydrogens (tertiary/aromatic N) is 1. The standard InChI is InChI=1S/C17H19NO2/c1-12-6-8-17(10-12,16(19)20)11-13-7-9-18-15-5-3-2-4-14(13)15/h2-5,7,9,12H,6,8,10-11H2,1H3,(H,19,20). The number of aromatic nitrogens is 1. The highest BCUT2D eigenvalue weighted by atomic mass is 16.4. The number of carboxylic acids is 1. The lowest BCUT2D eigenvalue weighted by atomic mass is 9.79. The van der Waals surface area contributed by atoms with E-state index in [-0.39, 0.29) is 0 Å². The fraction of sp³-hybridized carbons (Fsp3) is 0.412. The maximum atomic E-state index is 11.8. The quantitative estimate of drug-likeness (QED) is 0.925. The smallest absolute Gasteiger partial charge is 0.309 e. The molecule has 104 valence electrons. The molecular formula is C17H19NO2. The van der Waals surface area contributed by atoms with E-state index in [0.29, 0.717) is 12.3 Å². The predicted molar refractivity (Wildman–Crippen MR) is 78.5 cm³/mol. The van der Waals surface area contributed by atoms with E-state index in [1.165, 1.54) is 0 Å². The van der Waals surface area contributed by atoms with Crippen molar-refractivity contribution in [1.82, 2.24) is 4.98 Å². The van der Waals surface area contributed by atoms with Crippen LogP contribution in [-0.2, 0) is 11.2 Å². The summed E-state index contributed by atoms with van der Waals surface area (Å²) < 4.78 is 0. The summed E-state index contributed by atoms with van der Waals surface area (Å²) in [6.45, 7) is 2.15. The molecule has 0 radical (unpaired) electrons. The normalized spacial score (nSPS) is 25.9. The predicted octanol–water partition coefficient (Wildman–Crippen LogP) is 3.67. The van der Waals surface area contributed by atoms with Gasteiger partial charge in [0.05, 0.1) is 10.9 Å². The highest BCUT2D eigenvalue weighted by Gasteiger charge is 2.44. The summed E-state index contributed by atoms with van der Waals surface area (Å²) in [5.74, 6) is -0.151. The number of aliphatic carboxylic acids is 1. The second-order valence-corrected chi connectivity index (χ2v) is 6.10. The molecule has 3 nitrogen and oxygen atoms in total. The van der Waals surface area contributed by atoms with Crippen molar-refractivity contribution in [2.45, 2.75) is 32.6 Å². The zero-order chi connectivity index (χ0) is 14.2. The third kappa shape index (κ3) is 2.17. The average molecular weight is 269 g/mol. The number of carbonyl (C=O) groups is 1. The lowest BCUT2D eigenvalue weighted by Gasteiger charge is -2.25. The molecule has 20 heavy (non-hydrogen) atoms. The first-order valence-corrected chi connectivity index (χ1v) is 7.17. The first-order valence-electron chi connectivity index (χ1n) is 7.17. The number of carboxylic acid groups (broad SMARTS) is 1. The minimum absolute atomic E-state index is 0.499. The summed E-state index contributed by atoms with van der Waals surface area (Å²) in [5.41, 5.74) is 1.45. The first kappa shape index (κ1) is 13.1. The highest BCUT2D eigenvalue weighted by Crippen LogP contribution is 2.45. The molecule has 2 aromatic rings. The second kappa shape index (κ2) is 4.89. The number of para-hydroxylation sites is 1. The van der Waals surface area contributed by atoms with E-state index in [4.69, 9.17) is 0 Å². The highest BCUT2D eigenvalue weighted by molar-refractivity contribution is 5.83. The third-order valence-electron chi connectivity index (χ3n) is 4.58. The molecule has 0 amide bonds. The van der Waals surface area contributed by atoms with Gasteiger partial charge in [0.25, 0.3) is 0 Å². The van der Waals surface area contributed by atoms with Gasteiger partial charge in [0.15, 0.2) is 0 Å². The SMILES string of the molecule is CC1CCC(Cc2ccnc3ccccc23)(C(=O)O)C1. The van der Waals surface area contributed by atoms with Crippen molar-refractivity contribution < 1.29 is 9.90 Å². The van der Waals surface area contributed by atoms with Crippen LogP contribution in [0.2, 0.25) is 0 Å². The Morgan fingerprint density at radius 2 is 2.20 bits per heavy atom. The monoisotopic (exact) mass is 269 g/mol. The Morgan fingerprint density at radius 1 is 1.40 bits per heavy atom. The van der Waals surface area contributed by atoms with E-state index < -0.39 is 11.4 Å². The Morgan fingerprint density at radius 3 is 2.90 bits per heavy atom. The lowest BCUT2D eigenvalue weighted by molar-refractivity contribution is -0.148. The zero-order valence-electron chi connectivity index (χ0n) is 11.7. The molecule has 1 heterocycles. The van der Waals surface area contributed by atoms with Gasteiger partial charge in [-0.2, -0.15) is 0 Å². The molecule has 1 N–H and O–H groups in total. The van der Waals surface area contributed by atoms with Crippen molar-refractivity contribution >= 4 is 16.9 Å². The van der Waals surface area contributed by atoms with Crippen LogP contribution in [0.15, 0.2) is 36.5 Å². The van der Waals surface area contributed by atoms with Crippen LogP contribution in [-0.4, -0.2) is 16.1 Å². The van der Waals surface area contributed by atoms with E-state index in [2.05, 4.69) is 11.9 Å². The Kier molecular flexibility index (Phi) is 3.20. The van der Waals surface area contributed by atoms with E-state index >= 15 is 0 Å². The van der Waals surface area contributed by atoms with Crippen LogP contribution in [0.3, 0.4) is 0 Å². The van der Waals surface area contributed by atoms with Crippen molar-refractivity contribution in [2.24, 2.45) is 11.3 Å². The maximum Gasteiger partial charge on any atom is 0.309 e. The van der Waals surface area contributed by atoms with Crippen molar-refractivity contribution in [2.75, 3.05) is 0 Å². The van der Waals surface area contributed by atoms with Crippen LogP contribution < -0.4 is 0 Å². The number of rotatable bonds is 3. The largest absolute Gasteiger partial charge is 0.481 e. The van der Waals surface area contributed by atoms with E-state index in [9.17, 15) is 9.90 Å². The van der Waals surface area contributed by atoms with Crippen molar-refractivity contribution in [3.63, 3.8) is 0 Å². The Labute approximate surface area is 118 Å². The van der Waals surface area contributed by atoms with E-state index in [0.717, 1.165) is 35.7 Å². The van der Waals surface area contributed by atoms with Crippen LogP contribution in [0.5, 0.6) is 0 Å². The molecule has 1 saturated carbocycles. The van der Waals surface area contributed by atoms with Gasteiger partial charge in [0, 0.05) is 11.6 Å². The van der Waals surface area contributed by atoms with E-state index in [1.807, 2.05) is 30.3 Å². The second-order valence-electron chi connectivity index (χ2n) is 6.10. The summed E-state index contributed by atoms with van der Waals surface area (Å²) >= 11 is 0. The first-order chi connectivity index (χ1) is 9.61. The van der Waals surface area contributed by atoms with Gasteiger partial charge in [0.2, 0.25) is 0 Å². The summed E-state index contributed by atoms with van der Waals surface area (Å²) in [6, 6.07) is 9.92. The number of fused-ring (bicyclic) bond motifs is 1. The van der Waals surface area contributed by atoms with Crippen molar-refractivity contribution in [3.05, 3.63) is 42.1 Å². The van der Waals surface area contributed by atoms with Crippen LogP contribution in [0, 0.1) is 11.3 Å². The molecule has 1 aromatic heterocycles. The van der Waals surface area contributed by atoms with Crippen LogP contribution >= 0.6 is 0 Å². The molecule has 2 atom stereocenters. The van der Waals surface area contributed by atoms with Crippen LogP contribution in [0.4, 0.5) is 0 Å². The molecule has 1 aromatic carbocycles. The molecule has 1 aliphatic rings. The summed E-state index contributed by atoms with van der Waals surface area (Å²) in [7, 11) is 0. The maximum absolute atomic E-state index is 11.8. The topological polar surface area (TPSA) is 50.2 Å². The fourth-order valence-electron chi connectivity index (χ4n) is 3.50. The molecule has 0 bridgehead atoms. The van der Waals surface area contributed by atoms with E-state index in [1.54, 1.807) is 6.20 Å². The Hall–Kier alpha value is -1.90. The minimum atomic E-state index is -0.650. The lowest BCUT2D eigenvalue weighted by Crippen LogP contribution is -2.30. The van der Waals surface area contributed by atoms with Gasteiger partial charge < -0.3 is 5.11 Å². The summed E-state index contributed by atoms with van der Waals surface area (Å²) in [4.78, 5) is 16.1. The zero-order valence-corrected chi connectivity index (χ0v) is 11.7. The molecular weight excluding hydrogens is 250 g/mol. The molecule has 3 rings (SSSR count). The molecule has 3 heteroatoms. The number of pyridine rings is 1.